The summed E-state index contributed by atoms with van der Waals surface area (Å²) in [6, 6.07) is 11.4. The lowest BCUT2D eigenvalue weighted by molar-refractivity contribution is 0.0600. The molecule has 0 aliphatic heterocycles. The molecule has 0 aliphatic carbocycles. The molecule has 0 fully saturated rings. The highest BCUT2D eigenvalue weighted by molar-refractivity contribution is 5.88. The van der Waals surface area contributed by atoms with E-state index in [1.807, 2.05) is 36.5 Å². The Morgan fingerprint density at radius 2 is 2.14 bits per heavy atom. The van der Waals surface area contributed by atoms with Crippen LogP contribution in [0.4, 0.5) is 5.69 Å². The summed E-state index contributed by atoms with van der Waals surface area (Å²) in [6.45, 7) is 0.634. The second kappa shape index (κ2) is 5.28. The predicted molar refractivity (Wildman–Crippen MR) is 81.0 cm³/mol. The summed E-state index contributed by atoms with van der Waals surface area (Å²) in [5.74, 6) is -0.379. The number of methoxy groups -OCH3 is 1. The number of nitrogens with two attached hydrogens (primary N) is 1. The third kappa shape index (κ3) is 2.58. The van der Waals surface area contributed by atoms with Gasteiger partial charge >= 0.3 is 5.97 Å². The quantitative estimate of drug-likeness (QED) is 0.591. The first-order valence-corrected chi connectivity index (χ1v) is 6.55. The Bertz CT molecular complexity index is 791. The zero-order valence-corrected chi connectivity index (χ0v) is 11.6. The molecule has 106 valence electrons. The van der Waals surface area contributed by atoms with Crippen LogP contribution in [0.3, 0.4) is 0 Å². The number of pyridine rings is 1. The first-order chi connectivity index (χ1) is 10.2. The number of esters is 1. The maximum Gasteiger partial charge on any atom is 0.339 e. The number of anilines is 1. The number of nitrogens with zero attached hydrogens (tertiary/aromatic N) is 2. The summed E-state index contributed by atoms with van der Waals surface area (Å²) in [4.78, 5) is 15.7. The van der Waals surface area contributed by atoms with Crippen LogP contribution in [0.2, 0.25) is 0 Å². The van der Waals surface area contributed by atoms with Gasteiger partial charge in [-0.15, -0.1) is 0 Å². The average Bonchev–Trinajstić information content (AvgIpc) is 2.89. The zero-order chi connectivity index (χ0) is 14.8. The summed E-state index contributed by atoms with van der Waals surface area (Å²) in [5.41, 5.74) is 8.95. The normalized spacial score (nSPS) is 10.7. The van der Waals surface area contributed by atoms with Gasteiger partial charge in [-0.1, -0.05) is 0 Å². The van der Waals surface area contributed by atoms with E-state index in [-0.39, 0.29) is 5.97 Å². The molecule has 5 heteroatoms. The van der Waals surface area contributed by atoms with Crippen LogP contribution < -0.4 is 5.73 Å². The first-order valence-electron chi connectivity index (χ1n) is 6.55. The van der Waals surface area contributed by atoms with Crippen LogP contribution in [0.5, 0.6) is 0 Å². The molecule has 2 aromatic heterocycles. The van der Waals surface area contributed by atoms with E-state index in [1.54, 1.807) is 6.07 Å². The van der Waals surface area contributed by atoms with Gasteiger partial charge in [0.25, 0.3) is 0 Å². The summed E-state index contributed by atoms with van der Waals surface area (Å²) in [7, 11) is 1.36. The summed E-state index contributed by atoms with van der Waals surface area (Å²) in [6.07, 6.45) is 3.53. The molecule has 0 amide bonds. The van der Waals surface area contributed by atoms with Crippen LogP contribution in [0.1, 0.15) is 16.1 Å². The minimum absolute atomic E-state index is 0.379. The number of rotatable bonds is 3. The average molecular weight is 281 g/mol. The highest BCUT2D eigenvalue weighted by Gasteiger charge is 2.07. The number of hydrogen-bond acceptors (Lipinski definition) is 4. The lowest BCUT2D eigenvalue weighted by atomic mass is 10.2. The number of ether oxygens (including phenoxy) is 1. The van der Waals surface area contributed by atoms with Crippen LogP contribution in [-0.4, -0.2) is 22.6 Å². The molecule has 0 aliphatic rings. The van der Waals surface area contributed by atoms with E-state index in [1.165, 1.54) is 13.3 Å². The number of carbonyl (C=O) groups is 1. The largest absolute Gasteiger partial charge is 0.465 e. The van der Waals surface area contributed by atoms with Gasteiger partial charge in [0.15, 0.2) is 0 Å². The molecular formula is C16H15N3O2. The molecule has 0 saturated heterocycles. The fourth-order valence-electron chi connectivity index (χ4n) is 2.29. The maximum absolute atomic E-state index is 11.4. The number of hydrogen-bond donors (Lipinski definition) is 1. The fourth-order valence-corrected chi connectivity index (χ4v) is 2.29. The number of fused-ring (bicyclic) bond motifs is 1. The topological polar surface area (TPSA) is 70.1 Å². The van der Waals surface area contributed by atoms with Gasteiger partial charge in [0, 0.05) is 29.0 Å². The summed E-state index contributed by atoms with van der Waals surface area (Å²) >= 11 is 0. The molecule has 0 unspecified atom stereocenters. The number of aromatic nitrogens is 2. The lowest BCUT2D eigenvalue weighted by Crippen LogP contribution is -2.04. The lowest BCUT2D eigenvalue weighted by Gasteiger charge is -2.06. The molecule has 3 aromatic rings. The van der Waals surface area contributed by atoms with Crippen molar-refractivity contribution >= 4 is 22.6 Å². The highest BCUT2D eigenvalue weighted by Crippen LogP contribution is 2.19. The minimum atomic E-state index is -0.379. The van der Waals surface area contributed by atoms with Crippen molar-refractivity contribution in [2.75, 3.05) is 12.8 Å². The molecule has 5 nitrogen and oxygen atoms in total. The molecule has 1 aromatic carbocycles. The Morgan fingerprint density at radius 3 is 2.86 bits per heavy atom. The van der Waals surface area contributed by atoms with Gasteiger partial charge in [-0.2, -0.15) is 0 Å². The van der Waals surface area contributed by atoms with Gasteiger partial charge in [0.2, 0.25) is 0 Å². The zero-order valence-electron chi connectivity index (χ0n) is 11.6. The smallest absolute Gasteiger partial charge is 0.339 e. The van der Waals surface area contributed by atoms with Crippen molar-refractivity contribution in [2.24, 2.45) is 0 Å². The van der Waals surface area contributed by atoms with Gasteiger partial charge in [-0.3, -0.25) is 4.98 Å². The number of carbonyl (C=O) groups excluding carboxylic acids is 1. The van der Waals surface area contributed by atoms with E-state index in [0.717, 1.165) is 22.3 Å². The van der Waals surface area contributed by atoms with Crippen molar-refractivity contribution in [1.29, 1.82) is 0 Å². The second-order valence-electron chi connectivity index (χ2n) is 4.79. The van der Waals surface area contributed by atoms with Crippen molar-refractivity contribution in [1.82, 2.24) is 9.55 Å². The molecule has 0 saturated carbocycles. The fraction of sp³-hybridized carbons (Fsp3) is 0.125. The van der Waals surface area contributed by atoms with Crippen LogP contribution >= 0.6 is 0 Å². The van der Waals surface area contributed by atoms with E-state index < -0.39 is 0 Å². The van der Waals surface area contributed by atoms with Gasteiger partial charge in [0.05, 0.1) is 24.9 Å². The molecule has 0 atom stereocenters. The molecule has 3 rings (SSSR count). The van der Waals surface area contributed by atoms with E-state index in [4.69, 9.17) is 5.73 Å². The Hall–Kier alpha value is -2.82. The van der Waals surface area contributed by atoms with E-state index in [2.05, 4.69) is 14.3 Å². The summed E-state index contributed by atoms with van der Waals surface area (Å²) in [5, 5.41) is 1.10. The predicted octanol–water partition coefficient (Wildman–Crippen LogP) is 2.45. The van der Waals surface area contributed by atoms with Crippen molar-refractivity contribution in [3.8, 4) is 0 Å². The second-order valence-corrected chi connectivity index (χ2v) is 4.79. The number of benzene rings is 1. The van der Waals surface area contributed by atoms with Gasteiger partial charge in [0.1, 0.15) is 0 Å². The van der Waals surface area contributed by atoms with E-state index in [9.17, 15) is 4.79 Å². The molecule has 2 N–H and O–H groups in total. The monoisotopic (exact) mass is 281 g/mol. The van der Waals surface area contributed by atoms with Crippen molar-refractivity contribution in [3.05, 3.63) is 60.0 Å². The Kier molecular flexibility index (Phi) is 3.31. The number of nitrogen functional groups attached to an aromatic ring is 1. The van der Waals surface area contributed by atoms with Crippen LogP contribution in [0, 0.1) is 0 Å². The molecule has 2 heterocycles. The van der Waals surface area contributed by atoms with Crippen molar-refractivity contribution in [3.63, 3.8) is 0 Å². The van der Waals surface area contributed by atoms with Crippen molar-refractivity contribution in [2.45, 2.75) is 6.54 Å². The molecule has 0 bridgehead atoms. The van der Waals surface area contributed by atoms with E-state index >= 15 is 0 Å². The Morgan fingerprint density at radius 1 is 1.29 bits per heavy atom. The maximum atomic E-state index is 11.4. The molecule has 0 radical (unpaired) electrons. The van der Waals surface area contributed by atoms with E-state index in [0.29, 0.717) is 12.1 Å². The van der Waals surface area contributed by atoms with Crippen LogP contribution in [0.25, 0.3) is 10.9 Å². The third-order valence-electron chi connectivity index (χ3n) is 3.37. The molecular weight excluding hydrogens is 266 g/mol. The summed E-state index contributed by atoms with van der Waals surface area (Å²) < 4.78 is 6.75. The highest BCUT2D eigenvalue weighted by atomic mass is 16.5. The first kappa shape index (κ1) is 13.2. The Labute approximate surface area is 122 Å². The minimum Gasteiger partial charge on any atom is -0.465 e. The molecule has 0 spiro atoms. The van der Waals surface area contributed by atoms with Gasteiger partial charge in [-0.05, 0) is 36.4 Å². The SMILES string of the molecule is COC(=O)c1ccc(Cn2ccc3cc(N)ccc32)nc1. The van der Waals surface area contributed by atoms with Crippen LogP contribution in [0.15, 0.2) is 48.8 Å². The third-order valence-corrected chi connectivity index (χ3v) is 3.37. The van der Waals surface area contributed by atoms with Gasteiger partial charge < -0.3 is 15.0 Å². The standard InChI is InChI=1S/C16H15N3O2/c1-21-16(20)12-2-4-14(18-9-12)10-19-7-6-11-8-13(17)3-5-15(11)19/h2-9H,10,17H2,1H3. The Balaban J connectivity index is 1.86. The van der Waals surface area contributed by atoms with Gasteiger partial charge in [-0.25, -0.2) is 4.79 Å². The molecule has 21 heavy (non-hydrogen) atoms. The van der Waals surface area contributed by atoms with Crippen LogP contribution in [-0.2, 0) is 11.3 Å². The van der Waals surface area contributed by atoms with Crippen molar-refractivity contribution < 1.29 is 9.53 Å².